The summed E-state index contributed by atoms with van der Waals surface area (Å²) in [6.07, 6.45) is 0.397. The first-order chi connectivity index (χ1) is 13.7. The number of halogens is 1. The summed E-state index contributed by atoms with van der Waals surface area (Å²) in [5.74, 6) is -0.399. The van der Waals surface area contributed by atoms with Gasteiger partial charge in [0, 0.05) is 13.0 Å². The molecule has 0 unspecified atom stereocenters. The van der Waals surface area contributed by atoms with Crippen molar-refractivity contribution < 1.29 is 14.0 Å². The van der Waals surface area contributed by atoms with Crippen molar-refractivity contribution in [3.8, 4) is 0 Å². The number of carbonyl (C=O) groups excluding carboxylic acids is 1. The van der Waals surface area contributed by atoms with E-state index in [1.165, 1.54) is 23.5 Å². The molecule has 0 spiro atoms. The standard InChI is InChI=1S/C22H19FN2O2S/c23-18-9-4-6-16(12-18)14-25(22(26)21-10-5-11-28-21)15-19-13-20(24-27-19)17-7-2-1-3-8-17/h1-12,19H,13-15H2/t19-/m0/s1. The molecule has 2 aromatic carbocycles. The van der Waals surface area contributed by atoms with E-state index in [-0.39, 0.29) is 17.8 Å². The molecule has 1 atom stereocenters. The monoisotopic (exact) mass is 394 g/mol. The Bertz CT molecular complexity index is 973. The average Bonchev–Trinajstić information content (AvgIpc) is 3.40. The van der Waals surface area contributed by atoms with Crippen molar-refractivity contribution in [3.05, 3.63) is 93.9 Å². The Balaban J connectivity index is 1.49. The van der Waals surface area contributed by atoms with Crippen LogP contribution in [0.1, 0.15) is 27.2 Å². The van der Waals surface area contributed by atoms with Crippen molar-refractivity contribution in [2.24, 2.45) is 5.16 Å². The number of hydrogen-bond donors (Lipinski definition) is 0. The molecule has 1 amide bonds. The van der Waals surface area contributed by atoms with Gasteiger partial charge in [-0.25, -0.2) is 4.39 Å². The van der Waals surface area contributed by atoms with Gasteiger partial charge in [-0.15, -0.1) is 11.3 Å². The SMILES string of the molecule is O=C(c1cccs1)N(Cc1cccc(F)c1)C[C@@H]1CC(c2ccccc2)=NO1. The minimum Gasteiger partial charge on any atom is -0.390 e. The molecule has 28 heavy (non-hydrogen) atoms. The fourth-order valence-electron chi connectivity index (χ4n) is 3.20. The lowest BCUT2D eigenvalue weighted by Crippen LogP contribution is -2.37. The molecule has 6 heteroatoms. The largest absolute Gasteiger partial charge is 0.390 e. The molecule has 0 fully saturated rings. The van der Waals surface area contributed by atoms with Gasteiger partial charge in [0.25, 0.3) is 5.91 Å². The summed E-state index contributed by atoms with van der Waals surface area (Å²) in [4.78, 5) is 20.9. The first kappa shape index (κ1) is 18.4. The van der Waals surface area contributed by atoms with Gasteiger partial charge in [-0.05, 0) is 34.7 Å². The Morgan fingerprint density at radius 2 is 2.00 bits per heavy atom. The number of benzene rings is 2. The van der Waals surface area contributed by atoms with E-state index in [0.717, 1.165) is 16.8 Å². The molecule has 0 radical (unpaired) electrons. The van der Waals surface area contributed by atoms with E-state index in [9.17, 15) is 9.18 Å². The molecule has 0 bridgehead atoms. The van der Waals surface area contributed by atoms with Crippen molar-refractivity contribution in [1.82, 2.24) is 4.90 Å². The van der Waals surface area contributed by atoms with E-state index in [1.54, 1.807) is 17.0 Å². The number of amides is 1. The predicted molar refractivity (Wildman–Crippen MR) is 108 cm³/mol. The van der Waals surface area contributed by atoms with E-state index < -0.39 is 0 Å². The molecular weight excluding hydrogens is 375 g/mol. The minimum absolute atomic E-state index is 0.0870. The zero-order valence-corrected chi connectivity index (χ0v) is 15.9. The lowest BCUT2D eigenvalue weighted by molar-refractivity contribution is 0.0408. The van der Waals surface area contributed by atoms with Gasteiger partial charge in [-0.2, -0.15) is 0 Å². The van der Waals surface area contributed by atoms with Crippen LogP contribution in [-0.4, -0.2) is 29.2 Å². The molecule has 4 rings (SSSR count). The third-order valence-corrected chi connectivity index (χ3v) is 5.40. The van der Waals surface area contributed by atoms with E-state index >= 15 is 0 Å². The molecular formula is C22H19FN2O2S. The van der Waals surface area contributed by atoms with Gasteiger partial charge in [0.2, 0.25) is 0 Å². The fraction of sp³-hybridized carbons (Fsp3) is 0.182. The van der Waals surface area contributed by atoms with Crippen LogP contribution in [0.5, 0.6) is 0 Å². The third-order valence-electron chi connectivity index (χ3n) is 4.55. The summed E-state index contributed by atoms with van der Waals surface area (Å²) < 4.78 is 13.6. The van der Waals surface area contributed by atoms with Gasteiger partial charge in [0.1, 0.15) is 5.82 Å². The second-order valence-electron chi connectivity index (χ2n) is 6.63. The maximum Gasteiger partial charge on any atom is 0.264 e. The van der Waals surface area contributed by atoms with Crippen LogP contribution in [0.2, 0.25) is 0 Å². The molecule has 0 aliphatic carbocycles. The Hall–Kier alpha value is -2.99. The smallest absolute Gasteiger partial charge is 0.264 e. The van der Waals surface area contributed by atoms with Crippen LogP contribution in [-0.2, 0) is 11.4 Å². The summed E-state index contributed by atoms with van der Waals surface area (Å²) in [6.45, 7) is 0.697. The topological polar surface area (TPSA) is 41.9 Å². The van der Waals surface area contributed by atoms with Gasteiger partial charge in [-0.1, -0.05) is 53.7 Å². The lowest BCUT2D eigenvalue weighted by atomic mass is 10.0. The van der Waals surface area contributed by atoms with Gasteiger partial charge in [0.15, 0.2) is 6.10 Å². The fourth-order valence-corrected chi connectivity index (χ4v) is 3.89. The van der Waals surface area contributed by atoms with Crippen molar-refractivity contribution in [3.63, 3.8) is 0 Å². The number of rotatable bonds is 6. The molecule has 4 nitrogen and oxygen atoms in total. The zero-order chi connectivity index (χ0) is 19.3. The normalized spacial score (nSPS) is 15.8. The second-order valence-corrected chi connectivity index (χ2v) is 7.58. The second kappa shape index (κ2) is 8.35. The van der Waals surface area contributed by atoms with Crippen LogP contribution >= 0.6 is 11.3 Å². The quantitative estimate of drug-likeness (QED) is 0.607. The Morgan fingerprint density at radius 3 is 2.75 bits per heavy atom. The molecule has 1 aliphatic heterocycles. The van der Waals surface area contributed by atoms with Crippen molar-refractivity contribution in [1.29, 1.82) is 0 Å². The first-order valence-electron chi connectivity index (χ1n) is 9.04. The summed E-state index contributed by atoms with van der Waals surface area (Å²) in [7, 11) is 0. The van der Waals surface area contributed by atoms with Gasteiger partial charge in [-0.3, -0.25) is 4.79 Å². The Morgan fingerprint density at radius 1 is 1.14 bits per heavy atom. The molecule has 0 saturated heterocycles. The number of thiophene rings is 1. The van der Waals surface area contributed by atoms with Crippen molar-refractivity contribution in [2.75, 3.05) is 6.54 Å². The highest BCUT2D eigenvalue weighted by atomic mass is 32.1. The minimum atomic E-state index is -0.312. The van der Waals surface area contributed by atoms with Crippen molar-refractivity contribution >= 4 is 23.0 Å². The van der Waals surface area contributed by atoms with E-state index in [2.05, 4.69) is 5.16 Å². The van der Waals surface area contributed by atoms with Crippen LogP contribution in [0, 0.1) is 5.82 Å². The van der Waals surface area contributed by atoms with E-state index in [0.29, 0.717) is 24.4 Å². The molecule has 1 aromatic heterocycles. The highest BCUT2D eigenvalue weighted by Gasteiger charge is 2.27. The number of carbonyl (C=O) groups is 1. The molecule has 142 valence electrons. The summed E-state index contributed by atoms with van der Waals surface area (Å²) >= 11 is 1.39. The molecule has 2 heterocycles. The number of nitrogens with zero attached hydrogens (tertiary/aromatic N) is 2. The summed E-state index contributed by atoms with van der Waals surface area (Å²) in [5, 5.41) is 6.08. The van der Waals surface area contributed by atoms with Gasteiger partial charge in [0.05, 0.1) is 17.1 Å². The Labute approximate surface area is 166 Å². The highest BCUT2D eigenvalue weighted by molar-refractivity contribution is 7.12. The van der Waals surface area contributed by atoms with Gasteiger partial charge >= 0.3 is 0 Å². The third kappa shape index (κ3) is 4.28. The highest BCUT2D eigenvalue weighted by Crippen LogP contribution is 2.21. The average molecular weight is 394 g/mol. The van der Waals surface area contributed by atoms with Crippen LogP contribution in [0.3, 0.4) is 0 Å². The first-order valence-corrected chi connectivity index (χ1v) is 9.92. The van der Waals surface area contributed by atoms with E-state index in [1.807, 2.05) is 47.8 Å². The predicted octanol–water partition coefficient (Wildman–Crippen LogP) is 4.72. The zero-order valence-electron chi connectivity index (χ0n) is 15.1. The van der Waals surface area contributed by atoms with Crippen LogP contribution in [0.25, 0.3) is 0 Å². The Kier molecular flexibility index (Phi) is 5.48. The maximum atomic E-state index is 13.6. The van der Waals surface area contributed by atoms with Crippen LogP contribution in [0.4, 0.5) is 4.39 Å². The van der Waals surface area contributed by atoms with Gasteiger partial charge < -0.3 is 9.74 Å². The number of oxime groups is 1. The summed E-state index contributed by atoms with van der Waals surface area (Å²) in [6, 6.07) is 19.8. The molecule has 3 aromatic rings. The lowest BCUT2D eigenvalue weighted by Gasteiger charge is -2.24. The molecule has 0 N–H and O–H groups in total. The molecule has 1 aliphatic rings. The summed E-state index contributed by atoms with van der Waals surface area (Å²) in [5.41, 5.74) is 2.64. The van der Waals surface area contributed by atoms with Crippen molar-refractivity contribution in [2.45, 2.75) is 19.1 Å². The van der Waals surface area contributed by atoms with Crippen LogP contribution < -0.4 is 0 Å². The maximum absolute atomic E-state index is 13.6. The van der Waals surface area contributed by atoms with E-state index in [4.69, 9.17) is 4.84 Å². The number of hydrogen-bond acceptors (Lipinski definition) is 4. The van der Waals surface area contributed by atoms with Crippen LogP contribution in [0.15, 0.2) is 77.3 Å². The molecule has 0 saturated carbocycles.